The van der Waals surface area contributed by atoms with Crippen LogP contribution in [0.2, 0.25) is 0 Å². The van der Waals surface area contributed by atoms with Crippen LogP contribution in [0.5, 0.6) is 0 Å². The highest BCUT2D eigenvalue weighted by molar-refractivity contribution is 5.91. The Morgan fingerprint density at radius 2 is 1.95 bits per heavy atom. The van der Waals surface area contributed by atoms with Crippen molar-refractivity contribution in [1.82, 2.24) is 5.32 Å². The minimum Gasteiger partial charge on any atom is -0.481 e. The minimum absolute atomic E-state index is 0.170. The molecule has 0 bridgehead atoms. The number of anilines is 1. The fourth-order valence-corrected chi connectivity index (χ4v) is 1.75. The lowest BCUT2D eigenvalue weighted by atomic mass is 9.85. The molecule has 0 aliphatic heterocycles. The molecule has 1 rings (SSSR count). The van der Waals surface area contributed by atoms with Crippen molar-refractivity contribution in [3.05, 3.63) is 29.8 Å². The van der Waals surface area contributed by atoms with Crippen LogP contribution >= 0.6 is 0 Å². The average Bonchev–Trinajstić information content (AvgIpc) is 2.37. The maximum absolute atomic E-state index is 12.0. The van der Waals surface area contributed by atoms with E-state index < -0.39 is 23.5 Å². The summed E-state index contributed by atoms with van der Waals surface area (Å²) in [6, 6.07) is 7.53. The highest BCUT2D eigenvalue weighted by Gasteiger charge is 2.28. The van der Waals surface area contributed by atoms with E-state index >= 15 is 0 Å². The number of amides is 2. The first-order chi connectivity index (χ1) is 9.74. The normalized spacial score (nSPS) is 12.1. The van der Waals surface area contributed by atoms with Gasteiger partial charge in [-0.15, -0.1) is 0 Å². The van der Waals surface area contributed by atoms with Gasteiger partial charge in [-0.3, -0.25) is 4.79 Å². The Kier molecular flexibility index (Phi) is 5.30. The number of carboxylic acids is 1. The van der Waals surface area contributed by atoms with Crippen LogP contribution in [0.4, 0.5) is 10.5 Å². The van der Waals surface area contributed by atoms with Gasteiger partial charge in [-0.25, -0.2) is 4.79 Å². The molecule has 0 spiro atoms. The molecule has 0 aromatic heterocycles. The van der Waals surface area contributed by atoms with Gasteiger partial charge in [-0.1, -0.05) is 32.9 Å². The summed E-state index contributed by atoms with van der Waals surface area (Å²) in [6.45, 7) is 5.55. The van der Waals surface area contributed by atoms with E-state index in [-0.39, 0.29) is 6.42 Å². The summed E-state index contributed by atoms with van der Waals surface area (Å²) in [5, 5.41) is 23.1. The molecule has 1 atom stereocenters. The second-order valence-electron chi connectivity index (χ2n) is 5.77. The van der Waals surface area contributed by atoms with Crippen LogP contribution in [-0.4, -0.2) is 23.1 Å². The van der Waals surface area contributed by atoms with Gasteiger partial charge in [-0.2, -0.15) is 5.26 Å². The van der Waals surface area contributed by atoms with Crippen LogP contribution in [0.25, 0.3) is 0 Å². The first-order valence-electron chi connectivity index (χ1n) is 6.52. The number of urea groups is 1. The predicted molar refractivity (Wildman–Crippen MR) is 78.8 cm³/mol. The molecule has 0 fully saturated rings. The molecule has 112 valence electrons. The van der Waals surface area contributed by atoms with Crippen molar-refractivity contribution < 1.29 is 14.7 Å². The van der Waals surface area contributed by atoms with Gasteiger partial charge in [-0.05, 0) is 17.5 Å². The number of nitrogens with zero attached hydrogens (tertiary/aromatic N) is 1. The Labute approximate surface area is 123 Å². The van der Waals surface area contributed by atoms with Crippen molar-refractivity contribution in [2.75, 3.05) is 5.32 Å². The Bertz CT molecular complexity index is 570. The highest BCUT2D eigenvalue weighted by atomic mass is 16.4. The first-order valence-corrected chi connectivity index (χ1v) is 6.52. The number of carbonyl (C=O) groups is 2. The van der Waals surface area contributed by atoms with Crippen molar-refractivity contribution in [3.8, 4) is 6.07 Å². The molecule has 0 heterocycles. The van der Waals surface area contributed by atoms with E-state index in [1.807, 2.05) is 26.8 Å². The predicted octanol–water partition coefficient (Wildman–Crippen LogP) is 2.57. The summed E-state index contributed by atoms with van der Waals surface area (Å²) in [6.07, 6.45) is -0.170. The second-order valence-corrected chi connectivity index (χ2v) is 5.77. The van der Waals surface area contributed by atoms with Crippen LogP contribution in [-0.2, 0) is 4.79 Å². The van der Waals surface area contributed by atoms with Crippen LogP contribution in [0.15, 0.2) is 24.3 Å². The lowest BCUT2D eigenvalue weighted by molar-refractivity contribution is -0.138. The zero-order valence-electron chi connectivity index (χ0n) is 12.3. The number of carboxylic acid groups (broad SMARTS) is 1. The molecule has 6 nitrogen and oxygen atoms in total. The van der Waals surface area contributed by atoms with Crippen molar-refractivity contribution >= 4 is 17.7 Å². The Hall–Kier alpha value is -2.55. The third-order valence-electron chi connectivity index (χ3n) is 3.03. The van der Waals surface area contributed by atoms with Crippen molar-refractivity contribution in [2.24, 2.45) is 5.41 Å². The molecular formula is C15H19N3O3. The largest absolute Gasteiger partial charge is 0.481 e. The van der Waals surface area contributed by atoms with E-state index in [9.17, 15) is 9.59 Å². The van der Waals surface area contributed by atoms with Crippen LogP contribution in [0, 0.1) is 16.7 Å². The lowest BCUT2D eigenvalue weighted by Gasteiger charge is -2.30. The number of hydrogen-bond donors (Lipinski definition) is 3. The number of benzene rings is 1. The van der Waals surface area contributed by atoms with Gasteiger partial charge in [0, 0.05) is 6.04 Å². The smallest absolute Gasteiger partial charge is 0.319 e. The van der Waals surface area contributed by atoms with Gasteiger partial charge >= 0.3 is 12.0 Å². The van der Waals surface area contributed by atoms with E-state index in [0.29, 0.717) is 11.3 Å². The molecule has 3 N–H and O–H groups in total. The van der Waals surface area contributed by atoms with Gasteiger partial charge in [0.15, 0.2) is 0 Å². The first kappa shape index (κ1) is 16.5. The number of nitriles is 1. The fourth-order valence-electron chi connectivity index (χ4n) is 1.75. The Morgan fingerprint density at radius 1 is 1.33 bits per heavy atom. The number of carbonyl (C=O) groups excluding carboxylic acids is 1. The average molecular weight is 289 g/mol. The number of nitrogens with one attached hydrogen (secondary N) is 2. The van der Waals surface area contributed by atoms with Crippen LogP contribution in [0.1, 0.15) is 32.8 Å². The molecule has 0 radical (unpaired) electrons. The molecule has 2 amide bonds. The number of para-hydroxylation sites is 1. The number of aliphatic carboxylic acids is 1. The summed E-state index contributed by atoms with van der Waals surface area (Å²) in [7, 11) is 0. The molecule has 6 heteroatoms. The van der Waals surface area contributed by atoms with Gasteiger partial charge in [0.05, 0.1) is 17.7 Å². The van der Waals surface area contributed by atoms with E-state index in [2.05, 4.69) is 10.6 Å². The molecule has 0 saturated carbocycles. The maximum Gasteiger partial charge on any atom is 0.319 e. The molecular weight excluding hydrogens is 270 g/mol. The van der Waals surface area contributed by atoms with E-state index in [1.54, 1.807) is 24.3 Å². The third-order valence-corrected chi connectivity index (χ3v) is 3.03. The molecule has 1 unspecified atom stereocenters. The summed E-state index contributed by atoms with van der Waals surface area (Å²) in [4.78, 5) is 22.9. The zero-order chi connectivity index (χ0) is 16.0. The quantitative estimate of drug-likeness (QED) is 0.792. The van der Waals surface area contributed by atoms with Crippen molar-refractivity contribution in [1.29, 1.82) is 5.26 Å². The molecule has 0 saturated heterocycles. The highest BCUT2D eigenvalue weighted by Crippen LogP contribution is 2.22. The van der Waals surface area contributed by atoms with Crippen LogP contribution in [0.3, 0.4) is 0 Å². The number of hydrogen-bond acceptors (Lipinski definition) is 3. The van der Waals surface area contributed by atoms with E-state index in [0.717, 1.165) is 0 Å². The number of rotatable bonds is 4. The second kappa shape index (κ2) is 6.75. The molecule has 1 aromatic rings. The van der Waals surface area contributed by atoms with E-state index in [4.69, 9.17) is 10.4 Å². The van der Waals surface area contributed by atoms with E-state index in [1.165, 1.54) is 0 Å². The molecule has 0 aliphatic carbocycles. The van der Waals surface area contributed by atoms with Crippen molar-refractivity contribution in [2.45, 2.75) is 33.2 Å². The van der Waals surface area contributed by atoms with Crippen molar-refractivity contribution in [3.63, 3.8) is 0 Å². The monoisotopic (exact) mass is 289 g/mol. The van der Waals surface area contributed by atoms with Gasteiger partial charge < -0.3 is 15.7 Å². The molecule has 21 heavy (non-hydrogen) atoms. The maximum atomic E-state index is 12.0. The summed E-state index contributed by atoms with van der Waals surface area (Å²) >= 11 is 0. The fraction of sp³-hybridized carbons (Fsp3) is 0.400. The standard InChI is InChI=1S/C15H19N3O3/c1-15(2,3)12(8-13(19)20)18-14(21)17-11-7-5-4-6-10(11)9-16/h4-7,12H,8H2,1-3H3,(H,19,20)(H2,17,18,21). The Morgan fingerprint density at radius 3 is 2.48 bits per heavy atom. The summed E-state index contributed by atoms with van der Waals surface area (Å²) in [5.41, 5.74) is 0.337. The van der Waals surface area contributed by atoms with Gasteiger partial charge in [0.1, 0.15) is 6.07 Å². The SMILES string of the molecule is CC(C)(C)C(CC(=O)O)NC(=O)Nc1ccccc1C#N. The molecule has 1 aromatic carbocycles. The Balaban J connectivity index is 2.79. The topological polar surface area (TPSA) is 102 Å². The minimum atomic E-state index is -0.979. The summed E-state index contributed by atoms with van der Waals surface area (Å²) < 4.78 is 0. The zero-order valence-corrected chi connectivity index (χ0v) is 12.3. The van der Waals surface area contributed by atoms with Gasteiger partial charge in [0.2, 0.25) is 0 Å². The lowest BCUT2D eigenvalue weighted by Crippen LogP contribution is -2.46. The van der Waals surface area contributed by atoms with Gasteiger partial charge in [0.25, 0.3) is 0 Å². The third kappa shape index (κ3) is 5.15. The van der Waals surface area contributed by atoms with Crippen LogP contribution < -0.4 is 10.6 Å². The molecule has 0 aliphatic rings. The summed E-state index contributed by atoms with van der Waals surface area (Å²) in [5.74, 6) is -0.979.